The van der Waals surface area contributed by atoms with Gasteiger partial charge < -0.3 is 0 Å². The highest BCUT2D eigenvalue weighted by atomic mass is 19.3. The van der Waals surface area contributed by atoms with Crippen LogP contribution >= 0.6 is 0 Å². The lowest BCUT2D eigenvalue weighted by molar-refractivity contribution is 0.120. The molecule has 0 aromatic carbocycles. The number of halogens is 2. The molecule has 0 saturated heterocycles. The van der Waals surface area contributed by atoms with E-state index >= 15 is 0 Å². The molecular formula is C6H7F2N. The summed E-state index contributed by atoms with van der Waals surface area (Å²) in [6.45, 7) is 0. The second-order valence-corrected chi connectivity index (χ2v) is 2.49. The molecule has 0 bridgehead atoms. The monoisotopic (exact) mass is 131 g/mol. The van der Waals surface area contributed by atoms with E-state index in [0.717, 1.165) is 0 Å². The van der Waals surface area contributed by atoms with Gasteiger partial charge in [-0.2, -0.15) is 5.26 Å². The fraction of sp³-hybridized carbons (Fsp3) is 0.833. The summed E-state index contributed by atoms with van der Waals surface area (Å²) < 4.78 is 23.2. The normalized spacial score (nSPS) is 21.6. The van der Waals surface area contributed by atoms with Crippen molar-refractivity contribution in [3.63, 3.8) is 0 Å². The van der Waals surface area contributed by atoms with Crippen LogP contribution < -0.4 is 0 Å². The average Bonchev–Trinajstić information content (AvgIpc) is 2.48. The molecule has 0 amide bonds. The Morgan fingerprint density at radius 1 is 1.56 bits per heavy atom. The maximum absolute atomic E-state index is 11.6. The quantitative estimate of drug-likeness (QED) is 0.561. The minimum Gasteiger partial charge on any atom is -0.210 e. The zero-order chi connectivity index (χ0) is 6.91. The van der Waals surface area contributed by atoms with Gasteiger partial charge in [0, 0.05) is 6.42 Å². The Hall–Kier alpha value is -0.650. The summed E-state index contributed by atoms with van der Waals surface area (Å²) >= 11 is 0. The van der Waals surface area contributed by atoms with Crippen LogP contribution in [0, 0.1) is 16.7 Å². The fourth-order valence-corrected chi connectivity index (χ4v) is 0.808. The zero-order valence-corrected chi connectivity index (χ0v) is 4.90. The molecule has 1 aliphatic carbocycles. The lowest BCUT2D eigenvalue weighted by atomic mass is 10.1. The first-order chi connectivity index (χ1) is 4.18. The first-order valence-electron chi connectivity index (χ1n) is 2.88. The first-order valence-corrected chi connectivity index (χ1v) is 2.88. The Kier molecular flexibility index (Phi) is 1.40. The molecule has 50 valence electrons. The molecule has 1 nitrogen and oxygen atoms in total. The van der Waals surface area contributed by atoms with E-state index in [-0.39, 0.29) is 6.42 Å². The predicted molar refractivity (Wildman–Crippen MR) is 27.9 cm³/mol. The second-order valence-electron chi connectivity index (χ2n) is 2.49. The molecule has 1 fully saturated rings. The molecule has 0 N–H and O–H groups in total. The standard InChI is InChI=1S/C6H7F2N/c7-5(8)3-6(4-9)1-2-6/h5H,1-3H2. The lowest BCUT2D eigenvalue weighted by Gasteiger charge is -2.01. The van der Waals surface area contributed by atoms with Crippen molar-refractivity contribution >= 4 is 0 Å². The third kappa shape index (κ3) is 1.38. The van der Waals surface area contributed by atoms with Crippen LogP contribution in [-0.4, -0.2) is 6.43 Å². The fourth-order valence-electron chi connectivity index (χ4n) is 0.808. The summed E-state index contributed by atoms with van der Waals surface area (Å²) in [6, 6.07) is 1.90. The van der Waals surface area contributed by atoms with Gasteiger partial charge in [-0.15, -0.1) is 0 Å². The van der Waals surface area contributed by atoms with Gasteiger partial charge in [0.1, 0.15) is 0 Å². The average molecular weight is 131 g/mol. The van der Waals surface area contributed by atoms with Crippen molar-refractivity contribution in [1.29, 1.82) is 5.26 Å². The highest BCUT2D eigenvalue weighted by Crippen LogP contribution is 2.49. The summed E-state index contributed by atoms with van der Waals surface area (Å²) in [5.41, 5.74) is -0.631. The van der Waals surface area contributed by atoms with E-state index < -0.39 is 11.8 Å². The van der Waals surface area contributed by atoms with Gasteiger partial charge in [-0.05, 0) is 12.8 Å². The maximum atomic E-state index is 11.6. The molecule has 9 heavy (non-hydrogen) atoms. The summed E-state index contributed by atoms with van der Waals surface area (Å²) in [7, 11) is 0. The first kappa shape index (κ1) is 6.47. The van der Waals surface area contributed by atoms with Gasteiger partial charge in [0.05, 0.1) is 11.5 Å². The highest BCUT2D eigenvalue weighted by Gasteiger charge is 2.45. The third-order valence-corrected chi connectivity index (χ3v) is 1.64. The smallest absolute Gasteiger partial charge is 0.210 e. The molecule has 1 saturated carbocycles. The predicted octanol–water partition coefficient (Wildman–Crippen LogP) is 1.95. The number of alkyl halides is 2. The van der Waals surface area contributed by atoms with E-state index in [4.69, 9.17) is 5.26 Å². The number of rotatable bonds is 2. The Morgan fingerprint density at radius 3 is 2.22 bits per heavy atom. The molecule has 1 aliphatic rings. The SMILES string of the molecule is N#CC1(CC(F)F)CC1. The van der Waals surface area contributed by atoms with E-state index in [1.54, 1.807) is 0 Å². The Morgan fingerprint density at radius 2 is 2.11 bits per heavy atom. The number of hydrogen-bond acceptors (Lipinski definition) is 1. The minimum absolute atomic E-state index is 0.233. The van der Waals surface area contributed by atoms with Crippen molar-refractivity contribution in [2.75, 3.05) is 0 Å². The molecule has 0 atom stereocenters. The van der Waals surface area contributed by atoms with Gasteiger partial charge in [-0.1, -0.05) is 0 Å². The van der Waals surface area contributed by atoms with Crippen molar-refractivity contribution in [2.24, 2.45) is 5.41 Å². The van der Waals surface area contributed by atoms with Gasteiger partial charge in [0.25, 0.3) is 0 Å². The summed E-state index contributed by atoms with van der Waals surface area (Å²) in [5.74, 6) is 0. The van der Waals surface area contributed by atoms with E-state index in [1.807, 2.05) is 6.07 Å². The lowest BCUT2D eigenvalue weighted by Crippen LogP contribution is -2.02. The molecule has 3 heteroatoms. The van der Waals surface area contributed by atoms with E-state index in [1.165, 1.54) is 0 Å². The number of nitrogens with zero attached hydrogens (tertiary/aromatic N) is 1. The molecule has 0 spiro atoms. The number of nitriles is 1. The molecule has 0 heterocycles. The van der Waals surface area contributed by atoms with E-state index in [2.05, 4.69) is 0 Å². The van der Waals surface area contributed by atoms with Crippen molar-refractivity contribution in [3.8, 4) is 6.07 Å². The Labute approximate surface area is 52.3 Å². The van der Waals surface area contributed by atoms with Crippen LogP contribution in [0.4, 0.5) is 8.78 Å². The van der Waals surface area contributed by atoms with Gasteiger partial charge in [0.15, 0.2) is 0 Å². The minimum atomic E-state index is -2.31. The molecule has 0 radical (unpaired) electrons. The van der Waals surface area contributed by atoms with E-state index in [9.17, 15) is 8.78 Å². The summed E-state index contributed by atoms with van der Waals surface area (Å²) in [5, 5.41) is 8.32. The van der Waals surface area contributed by atoms with Gasteiger partial charge in [-0.25, -0.2) is 8.78 Å². The molecule has 0 aromatic heterocycles. The van der Waals surface area contributed by atoms with Crippen LogP contribution in [0.15, 0.2) is 0 Å². The van der Waals surface area contributed by atoms with E-state index in [0.29, 0.717) is 12.8 Å². The van der Waals surface area contributed by atoms with Crippen LogP contribution in [0.25, 0.3) is 0 Å². The molecule has 0 unspecified atom stereocenters. The summed E-state index contributed by atoms with van der Waals surface area (Å²) in [6.07, 6.45) is -1.22. The van der Waals surface area contributed by atoms with Crippen LogP contribution in [-0.2, 0) is 0 Å². The Bertz CT molecular complexity index is 144. The summed E-state index contributed by atoms with van der Waals surface area (Å²) in [4.78, 5) is 0. The Balaban J connectivity index is 2.36. The highest BCUT2D eigenvalue weighted by molar-refractivity contribution is 5.09. The third-order valence-electron chi connectivity index (χ3n) is 1.64. The van der Waals surface area contributed by atoms with Gasteiger partial charge in [0.2, 0.25) is 6.43 Å². The van der Waals surface area contributed by atoms with Crippen LogP contribution in [0.2, 0.25) is 0 Å². The van der Waals surface area contributed by atoms with Gasteiger partial charge >= 0.3 is 0 Å². The second kappa shape index (κ2) is 1.94. The topological polar surface area (TPSA) is 23.8 Å². The van der Waals surface area contributed by atoms with Crippen molar-refractivity contribution in [2.45, 2.75) is 25.7 Å². The van der Waals surface area contributed by atoms with Crippen molar-refractivity contribution in [3.05, 3.63) is 0 Å². The van der Waals surface area contributed by atoms with Crippen molar-refractivity contribution in [1.82, 2.24) is 0 Å². The van der Waals surface area contributed by atoms with Crippen LogP contribution in [0.5, 0.6) is 0 Å². The van der Waals surface area contributed by atoms with Crippen LogP contribution in [0.1, 0.15) is 19.3 Å². The molecule has 1 rings (SSSR count). The zero-order valence-electron chi connectivity index (χ0n) is 4.90. The van der Waals surface area contributed by atoms with Gasteiger partial charge in [-0.3, -0.25) is 0 Å². The molecule has 0 aliphatic heterocycles. The number of hydrogen-bond donors (Lipinski definition) is 0. The molecule has 0 aromatic rings. The largest absolute Gasteiger partial charge is 0.240 e. The van der Waals surface area contributed by atoms with Crippen LogP contribution in [0.3, 0.4) is 0 Å². The van der Waals surface area contributed by atoms with Crippen molar-refractivity contribution < 1.29 is 8.78 Å². The molecular weight excluding hydrogens is 124 g/mol. The maximum Gasteiger partial charge on any atom is 0.240 e.